The maximum atomic E-state index is 12.7. The fourth-order valence-corrected chi connectivity index (χ4v) is 4.97. The van der Waals surface area contributed by atoms with Gasteiger partial charge < -0.3 is 15.2 Å². The minimum atomic E-state index is -1.02. The van der Waals surface area contributed by atoms with Crippen LogP contribution in [0.25, 0.3) is 0 Å². The second-order valence-electron chi connectivity index (χ2n) is 8.39. The van der Waals surface area contributed by atoms with E-state index in [0.717, 1.165) is 23.3 Å². The number of carboxylic acid groups (broad SMARTS) is 1. The fraction of sp³-hybridized carbons (Fsp3) is 0.409. The number of rotatable bonds is 4. The number of ether oxygens (including phenoxy) is 1. The Bertz CT molecular complexity index is 953. The summed E-state index contributed by atoms with van der Waals surface area (Å²) in [5.41, 5.74) is 1.57. The summed E-state index contributed by atoms with van der Waals surface area (Å²) in [7, 11) is 0. The number of benzene rings is 1. The van der Waals surface area contributed by atoms with Gasteiger partial charge in [-0.25, -0.2) is 4.79 Å². The Morgan fingerprint density at radius 1 is 1.17 bits per heavy atom. The van der Waals surface area contributed by atoms with Gasteiger partial charge in [0.05, 0.1) is 5.56 Å². The lowest BCUT2D eigenvalue weighted by Crippen LogP contribution is -2.26. The van der Waals surface area contributed by atoms with Gasteiger partial charge in [0, 0.05) is 17.4 Å². The lowest BCUT2D eigenvalue weighted by molar-refractivity contribution is -0.131. The molecule has 0 saturated carbocycles. The predicted octanol–water partition coefficient (Wildman–Crippen LogP) is 4.77. The molecule has 1 aliphatic carbocycles. The standard InChI is InChI=1S/C22H25NO5S/c1-12(24)28-15-8-5-13(6-9-15)19(25)23-20-18(21(26)27)16-10-7-14(22(2,3)4)11-17(16)29-20/h5-6,8-9,14H,7,10-11H2,1-4H3,(H,23,25)(H,26,27). The van der Waals surface area contributed by atoms with Crippen LogP contribution in [0.2, 0.25) is 0 Å². The number of thiophene rings is 1. The van der Waals surface area contributed by atoms with Crippen LogP contribution in [0.3, 0.4) is 0 Å². The van der Waals surface area contributed by atoms with E-state index in [0.29, 0.717) is 28.7 Å². The van der Waals surface area contributed by atoms with Gasteiger partial charge in [-0.1, -0.05) is 20.8 Å². The van der Waals surface area contributed by atoms with Crippen LogP contribution in [0.4, 0.5) is 5.00 Å². The van der Waals surface area contributed by atoms with E-state index in [9.17, 15) is 19.5 Å². The van der Waals surface area contributed by atoms with Crippen molar-refractivity contribution in [3.05, 3.63) is 45.8 Å². The summed E-state index contributed by atoms with van der Waals surface area (Å²) in [5, 5.41) is 12.9. The molecule has 0 saturated heterocycles. The molecule has 0 aliphatic heterocycles. The highest BCUT2D eigenvalue weighted by atomic mass is 32.1. The Kier molecular flexibility index (Phi) is 5.80. The molecule has 0 spiro atoms. The number of hydrogen-bond acceptors (Lipinski definition) is 5. The molecule has 1 unspecified atom stereocenters. The van der Waals surface area contributed by atoms with Crippen LogP contribution < -0.4 is 10.1 Å². The maximum absolute atomic E-state index is 12.7. The topological polar surface area (TPSA) is 92.7 Å². The first-order valence-corrected chi connectivity index (χ1v) is 10.4. The van der Waals surface area contributed by atoms with Crippen molar-refractivity contribution in [1.82, 2.24) is 0 Å². The minimum absolute atomic E-state index is 0.151. The number of esters is 1. The van der Waals surface area contributed by atoms with E-state index in [4.69, 9.17) is 4.74 Å². The van der Waals surface area contributed by atoms with Crippen molar-refractivity contribution in [2.75, 3.05) is 5.32 Å². The number of nitrogens with one attached hydrogen (secondary N) is 1. The second-order valence-corrected chi connectivity index (χ2v) is 9.50. The highest BCUT2D eigenvalue weighted by Crippen LogP contribution is 2.44. The van der Waals surface area contributed by atoms with E-state index in [1.807, 2.05) is 0 Å². The Morgan fingerprint density at radius 3 is 2.38 bits per heavy atom. The Hall–Kier alpha value is -2.67. The number of carbonyl (C=O) groups excluding carboxylic acids is 2. The van der Waals surface area contributed by atoms with Gasteiger partial charge in [-0.2, -0.15) is 0 Å². The van der Waals surface area contributed by atoms with Gasteiger partial charge in [-0.15, -0.1) is 11.3 Å². The number of anilines is 1. The van der Waals surface area contributed by atoms with Gasteiger partial charge in [0.2, 0.25) is 0 Å². The average molecular weight is 416 g/mol. The Morgan fingerprint density at radius 2 is 1.83 bits per heavy atom. The van der Waals surface area contributed by atoms with Crippen LogP contribution in [0.1, 0.15) is 65.3 Å². The molecule has 3 rings (SSSR count). The number of amides is 1. The van der Waals surface area contributed by atoms with Crippen molar-refractivity contribution in [2.24, 2.45) is 11.3 Å². The number of carbonyl (C=O) groups is 3. The minimum Gasteiger partial charge on any atom is -0.478 e. The van der Waals surface area contributed by atoms with Gasteiger partial charge in [0.1, 0.15) is 10.8 Å². The summed E-state index contributed by atoms with van der Waals surface area (Å²) < 4.78 is 4.96. The molecule has 1 aliphatic rings. The molecule has 2 N–H and O–H groups in total. The molecule has 154 valence electrons. The lowest BCUT2D eigenvalue weighted by atomic mass is 9.72. The summed E-state index contributed by atoms with van der Waals surface area (Å²) >= 11 is 1.36. The molecule has 1 atom stereocenters. The van der Waals surface area contributed by atoms with Crippen molar-refractivity contribution in [1.29, 1.82) is 0 Å². The zero-order valence-corrected chi connectivity index (χ0v) is 17.8. The summed E-state index contributed by atoms with van der Waals surface area (Å²) in [6, 6.07) is 6.14. The Labute approximate surface area is 173 Å². The first-order valence-electron chi connectivity index (χ1n) is 9.54. The highest BCUT2D eigenvalue weighted by molar-refractivity contribution is 7.17. The van der Waals surface area contributed by atoms with E-state index in [1.54, 1.807) is 0 Å². The monoisotopic (exact) mass is 415 g/mol. The van der Waals surface area contributed by atoms with Gasteiger partial charge in [-0.3, -0.25) is 9.59 Å². The van der Waals surface area contributed by atoms with Crippen molar-refractivity contribution in [3.63, 3.8) is 0 Å². The van der Waals surface area contributed by atoms with Crippen molar-refractivity contribution < 1.29 is 24.2 Å². The van der Waals surface area contributed by atoms with Crippen LogP contribution >= 0.6 is 11.3 Å². The highest BCUT2D eigenvalue weighted by Gasteiger charge is 2.34. The van der Waals surface area contributed by atoms with Crippen LogP contribution in [0.5, 0.6) is 5.75 Å². The summed E-state index contributed by atoms with van der Waals surface area (Å²) in [6.45, 7) is 7.92. The van der Waals surface area contributed by atoms with E-state index in [2.05, 4.69) is 26.1 Å². The average Bonchev–Trinajstić information content (AvgIpc) is 2.98. The lowest BCUT2D eigenvalue weighted by Gasteiger charge is -2.33. The molecular formula is C22H25NO5S. The number of fused-ring (bicyclic) bond motifs is 1. The first-order chi connectivity index (χ1) is 13.6. The molecule has 1 heterocycles. The summed E-state index contributed by atoms with van der Waals surface area (Å²) in [4.78, 5) is 36.6. The van der Waals surface area contributed by atoms with Crippen molar-refractivity contribution in [3.8, 4) is 5.75 Å². The van der Waals surface area contributed by atoms with Crippen molar-refractivity contribution in [2.45, 2.75) is 47.0 Å². The third-order valence-corrected chi connectivity index (χ3v) is 6.48. The molecule has 29 heavy (non-hydrogen) atoms. The van der Waals surface area contributed by atoms with E-state index >= 15 is 0 Å². The normalized spacial score (nSPS) is 16.1. The largest absolute Gasteiger partial charge is 0.478 e. The molecule has 1 amide bonds. The third-order valence-electron chi connectivity index (χ3n) is 5.31. The van der Waals surface area contributed by atoms with Gasteiger partial charge in [-0.05, 0) is 60.4 Å². The molecule has 0 radical (unpaired) electrons. The van der Waals surface area contributed by atoms with Crippen LogP contribution in [-0.2, 0) is 17.6 Å². The van der Waals surface area contributed by atoms with Crippen LogP contribution in [0, 0.1) is 11.3 Å². The molecule has 1 aromatic carbocycles. The Balaban J connectivity index is 1.84. The number of carboxylic acids is 1. The zero-order valence-electron chi connectivity index (χ0n) is 17.0. The SMILES string of the molecule is CC(=O)Oc1ccc(C(=O)Nc2sc3c(c2C(=O)O)CCC(C(C)(C)C)C3)cc1. The van der Waals surface area contributed by atoms with Gasteiger partial charge >= 0.3 is 11.9 Å². The quantitative estimate of drug-likeness (QED) is 0.554. The third kappa shape index (κ3) is 4.67. The molecule has 2 aromatic rings. The fourth-order valence-electron chi connectivity index (χ4n) is 3.66. The van der Waals surface area contributed by atoms with E-state index in [-0.39, 0.29) is 11.0 Å². The summed E-state index contributed by atoms with van der Waals surface area (Å²) in [6.07, 6.45) is 2.48. The van der Waals surface area contributed by atoms with Crippen LogP contribution in [-0.4, -0.2) is 23.0 Å². The second kappa shape index (κ2) is 7.99. The van der Waals surface area contributed by atoms with E-state index < -0.39 is 17.8 Å². The molecular weight excluding hydrogens is 390 g/mol. The van der Waals surface area contributed by atoms with E-state index in [1.165, 1.54) is 42.5 Å². The molecule has 0 fully saturated rings. The predicted molar refractivity (Wildman–Crippen MR) is 112 cm³/mol. The van der Waals surface area contributed by atoms with Gasteiger partial charge in [0.15, 0.2) is 0 Å². The maximum Gasteiger partial charge on any atom is 0.339 e. The zero-order chi connectivity index (χ0) is 21.3. The number of aromatic carboxylic acids is 1. The molecule has 0 bridgehead atoms. The molecule has 7 heteroatoms. The molecule has 1 aromatic heterocycles. The summed E-state index contributed by atoms with van der Waals surface area (Å²) in [5.74, 6) is -1.02. The van der Waals surface area contributed by atoms with Gasteiger partial charge in [0.25, 0.3) is 5.91 Å². The van der Waals surface area contributed by atoms with Crippen molar-refractivity contribution >= 4 is 34.2 Å². The first kappa shape index (κ1) is 21.0. The smallest absolute Gasteiger partial charge is 0.339 e. The number of hydrogen-bond donors (Lipinski definition) is 2. The molecule has 6 nitrogen and oxygen atoms in total. The van der Waals surface area contributed by atoms with Crippen LogP contribution in [0.15, 0.2) is 24.3 Å².